The molecule has 0 radical (unpaired) electrons. The first kappa shape index (κ1) is 17.1. The van der Waals surface area contributed by atoms with Gasteiger partial charge >= 0.3 is 5.97 Å². The molecule has 5 nitrogen and oxygen atoms in total. The van der Waals surface area contributed by atoms with Gasteiger partial charge in [0.15, 0.2) is 15.7 Å². The number of aromatic carboxylic acids is 1. The van der Waals surface area contributed by atoms with E-state index in [4.69, 9.17) is 5.11 Å². The number of carbonyl (C=O) groups is 1. The zero-order valence-corrected chi connectivity index (χ0v) is 13.5. The number of carboxylic acids is 1. The average Bonchev–Trinajstić information content (AvgIpc) is 2.30. The molecule has 0 saturated carbocycles. The third-order valence-corrected chi connectivity index (χ3v) is 4.84. The molecule has 1 N–H and O–H groups in total. The van der Waals surface area contributed by atoms with E-state index in [2.05, 4.69) is 15.9 Å². The maximum atomic E-state index is 14.0. The second-order valence-electron chi connectivity index (χ2n) is 4.55. The predicted molar refractivity (Wildman–Crippen MR) is 76.3 cm³/mol. The highest BCUT2D eigenvalue weighted by Crippen LogP contribution is 2.25. The Bertz CT molecular complexity index is 616. The van der Waals surface area contributed by atoms with Crippen LogP contribution in [0.15, 0.2) is 21.5 Å². The van der Waals surface area contributed by atoms with Crippen molar-refractivity contribution in [1.29, 1.82) is 0 Å². The Labute approximate surface area is 125 Å². The van der Waals surface area contributed by atoms with E-state index in [0.29, 0.717) is 13.0 Å². The lowest BCUT2D eigenvalue weighted by molar-refractivity contribution is 0.0691. The average molecular weight is 368 g/mol. The van der Waals surface area contributed by atoms with E-state index in [0.717, 1.165) is 12.1 Å². The number of rotatable bonds is 6. The van der Waals surface area contributed by atoms with Gasteiger partial charge in [-0.2, -0.15) is 0 Å². The van der Waals surface area contributed by atoms with Gasteiger partial charge in [0.05, 0.1) is 11.3 Å². The Morgan fingerprint density at radius 1 is 1.40 bits per heavy atom. The molecule has 0 unspecified atom stereocenters. The first-order valence-electron chi connectivity index (χ1n) is 5.75. The van der Waals surface area contributed by atoms with Gasteiger partial charge < -0.3 is 10.0 Å². The van der Waals surface area contributed by atoms with E-state index in [1.807, 2.05) is 4.90 Å². The van der Waals surface area contributed by atoms with E-state index >= 15 is 0 Å². The van der Waals surface area contributed by atoms with E-state index < -0.39 is 32.1 Å². The molecule has 0 amide bonds. The number of benzene rings is 1. The molecule has 1 rings (SSSR count). The topological polar surface area (TPSA) is 74.7 Å². The fourth-order valence-electron chi connectivity index (χ4n) is 1.63. The molecule has 0 aromatic heterocycles. The monoisotopic (exact) mass is 367 g/mol. The summed E-state index contributed by atoms with van der Waals surface area (Å²) in [5.74, 6) is -2.96. The van der Waals surface area contributed by atoms with E-state index in [9.17, 15) is 17.6 Å². The van der Waals surface area contributed by atoms with Crippen LogP contribution in [-0.4, -0.2) is 50.8 Å². The Balaban J connectivity index is 3.15. The van der Waals surface area contributed by atoms with Crippen molar-refractivity contribution < 1.29 is 22.7 Å². The maximum absolute atomic E-state index is 14.0. The molecule has 0 fully saturated rings. The molecule has 0 aliphatic carbocycles. The summed E-state index contributed by atoms with van der Waals surface area (Å²) in [7, 11) is -0.259. The molecule has 8 heteroatoms. The van der Waals surface area contributed by atoms with Crippen LogP contribution in [0.3, 0.4) is 0 Å². The van der Waals surface area contributed by atoms with Crippen LogP contribution in [0.5, 0.6) is 0 Å². The van der Waals surface area contributed by atoms with Crippen LogP contribution in [0.4, 0.5) is 4.39 Å². The third kappa shape index (κ3) is 4.26. The smallest absolute Gasteiger partial charge is 0.338 e. The van der Waals surface area contributed by atoms with Gasteiger partial charge in [-0.3, -0.25) is 0 Å². The van der Waals surface area contributed by atoms with Crippen LogP contribution in [0.25, 0.3) is 0 Å². The Morgan fingerprint density at radius 2 is 2.00 bits per heavy atom. The summed E-state index contributed by atoms with van der Waals surface area (Å²) in [5.41, 5.74) is -0.662. The summed E-state index contributed by atoms with van der Waals surface area (Å²) in [6.45, 7) is 0.542. The highest BCUT2D eigenvalue weighted by Gasteiger charge is 2.24. The summed E-state index contributed by atoms with van der Waals surface area (Å²) in [6.07, 6.45) is 0.337. The number of hydrogen-bond donors (Lipinski definition) is 1. The zero-order valence-electron chi connectivity index (χ0n) is 11.1. The normalized spacial score (nSPS) is 11.8. The number of halogens is 2. The first-order valence-corrected chi connectivity index (χ1v) is 8.19. The molecule has 1 aromatic carbocycles. The predicted octanol–water partition coefficient (Wildman–Crippen LogP) is 2.01. The quantitative estimate of drug-likeness (QED) is 0.832. The number of nitrogens with zero attached hydrogens (tertiary/aromatic N) is 1. The van der Waals surface area contributed by atoms with E-state index in [1.165, 1.54) is 0 Å². The molecule has 0 bridgehead atoms. The molecule has 112 valence electrons. The number of carboxylic acid groups (broad SMARTS) is 1. The van der Waals surface area contributed by atoms with Crippen LogP contribution < -0.4 is 0 Å². The fourth-order valence-corrected chi connectivity index (χ4v) is 3.65. The second kappa shape index (κ2) is 6.64. The standard InChI is InChI=1S/C12H15BrFNO4S/c1-15(2)4-3-5-20(18,19)10-7-8(13)6-9(11(10)14)12(16)17/h6-7H,3-5H2,1-2H3,(H,16,17). The van der Waals surface area contributed by atoms with Crippen LogP contribution >= 0.6 is 15.9 Å². The Morgan fingerprint density at radius 3 is 2.50 bits per heavy atom. The molecule has 20 heavy (non-hydrogen) atoms. The molecular weight excluding hydrogens is 353 g/mol. The molecular formula is C12H15BrFNO4S. The van der Waals surface area contributed by atoms with Crippen molar-refractivity contribution in [3.8, 4) is 0 Å². The SMILES string of the molecule is CN(C)CCCS(=O)(=O)c1cc(Br)cc(C(=O)O)c1F. The van der Waals surface area contributed by atoms with Crippen molar-refractivity contribution in [3.05, 3.63) is 28.0 Å². The maximum Gasteiger partial charge on any atom is 0.338 e. The van der Waals surface area contributed by atoms with Crippen molar-refractivity contribution in [3.63, 3.8) is 0 Å². The van der Waals surface area contributed by atoms with Gasteiger partial charge in [-0.1, -0.05) is 15.9 Å². The highest BCUT2D eigenvalue weighted by atomic mass is 79.9. The van der Waals surface area contributed by atoms with Crippen molar-refractivity contribution in [1.82, 2.24) is 4.90 Å². The van der Waals surface area contributed by atoms with Crippen molar-refractivity contribution in [2.75, 3.05) is 26.4 Å². The minimum absolute atomic E-state index is 0.211. The van der Waals surface area contributed by atoms with Crippen molar-refractivity contribution in [2.24, 2.45) is 0 Å². The molecule has 0 heterocycles. The van der Waals surface area contributed by atoms with Gasteiger partial charge in [0, 0.05) is 4.47 Å². The Hall–Kier alpha value is -0.990. The zero-order chi connectivity index (χ0) is 15.5. The minimum Gasteiger partial charge on any atom is -0.478 e. The second-order valence-corrected chi connectivity index (χ2v) is 7.54. The van der Waals surface area contributed by atoms with Crippen LogP contribution in [0.2, 0.25) is 0 Å². The van der Waals surface area contributed by atoms with Gasteiger partial charge in [-0.05, 0) is 39.2 Å². The number of sulfone groups is 1. The molecule has 0 aliphatic heterocycles. The molecule has 0 atom stereocenters. The lowest BCUT2D eigenvalue weighted by Crippen LogP contribution is -2.18. The van der Waals surface area contributed by atoms with Gasteiger partial charge in [0.1, 0.15) is 4.90 Å². The summed E-state index contributed by atoms with van der Waals surface area (Å²) < 4.78 is 38.4. The fraction of sp³-hybridized carbons (Fsp3) is 0.417. The minimum atomic E-state index is -3.86. The van der Waals surface area contributed by atoms with Crippen LogP contribution in [0.1, 0.15) is 16.8 Å². The Kier molecular flexibility index (Phi) is 5.67. The molecule has 0 aliphatic rings. The van der Waals surface area contributed by atoms with Gasteiger partial charge in [-0.25, -0.2) is 17.6 Å². The molecule has 1 aromatic rings. The van der Waals surface area contributed by atoms with Gasteiger partial charge in [-0.15, -0.1) is 0 Å². The third-order valence-electron chi connectivity index (χ3n) is 2.59. The molecule has 0 saturated heterocycles. The van der Waals surface area contributed by atoms with E-state index in [1.54, 1.807) is 14.1 Å². The summed E-state index contributed by atoms with van der Waals surface area (Å²) in [4.78, 5) is 12.1. The highest BCUT2D eigenvalue weighted by molar-refractivity contribution is 9.10. The van der Waals surface area contributed by atoms with Gasteiger partial charge in [0.25, 0.3) is 0 Å². The van der Waals surface area contributed by atoms with E-state index in [-0.39, 0.29) is 10.2 Å². The lowest BCUT2D eigenvalue weighted by Gasteiger charge is -2.11. The van der Waals surface area contributed by atoms with Crippen molar-refractivity contribution >= 4 is 31.7 Å². The summed E-state index contributed by atoms with van der Waals surface area (Å²) >= 11 is 3.00. The first-order chi connectivity index (χ1) is 9.15. The van der Waals surface area contributed by atoms with Crippen LogP contribution in [0, 0.1) is 5.82 Å². The number of hydrogen-bond acceptors (Lipinski definition) is 4. The lowest BCUT2D eigenvalue weighted by atomic mass is 10.2. The largest absolute Gasteiger partial charge is 0.478 e. The summed E-state index contributed by atoms with van der Waals surface area (Å²) in [5, 5.41) is 8.87. The van der Waals surface area contributed by atoms with Crippen molar-refractivity contribution in [2.45, 2.75) is 11.3 Å². The van der Waals surface area contributed by atoms with Gasteiger partial charge in [0.2, 0.25) is 0 Å². The van der Waals surface area contributed by atoms with Crippen LogP contribution in [-0.2, 0) is 9.84 Å². The summed E-state index contributed by atoms with van der Waals surface area (Å²) in [6, 6.07) is 2.13. The molecule has 0 spiro atoms.